The summed E-state index contributed by atoms with van der Waals surface area (Å²) >= 11 is 0. The quantitative estimate of drug-likeness (QED) is 0.450. The lowest BCUT2D eigenvalue weighted by atomic mass is 9.95. The van der Waals surface area contributed by atoms with Gasteiger partial charge < -0.3 is 0 Å². The van der Waals surface area contributed by atoms with Crippen LogP contribution in [0.5, 0.6) is 0 Å². The van der Waals surface area contributed by atoms with Gasteiger partial charge in [0.2, 0.25) is 0 Å². The number of fused-ring (bicyclic) bond motifs is 5. The summed E-state index contributed by atoms with van der Waals surface area (Å²) in [6, 6.07) is 21.1. The molecule has 4 rings (SSSR count). The Bertz CT molecular complexity index is 853. The van der Waals surface area contributed by atoms with Gasteiger partial charge in [0.25, 0.3) is 0 Å². The monoisotopic (exact) mass is 241 g/mol. The molecular weight excluding hydrogens is 230 g/mol. The van der Waals surface area contributed by atoms with Crippen LogP contribution < -0.4 is 0 Å². The van der Waals surface area contributed by atoms with E-state index in [4.69, 9.17) is 0 Å². The molecule has 0 bridgehead atoms. The van der Waals surface area contributed by atoms with Crippen molar-refractivity contribution in [1.82, 2.24) is 0 Å². The minimum Gasteiger partial charge on any atom is -0.192 e. The van der Waals surface area contributed by atoms with Gasteiger partial charge in [-0.15, -0.1) is 0 Å². The van der Waals surface area contributed by atoms with Crippen LogP contribution in [0.2, 0.25) is 0 Å². The highest BCUT2D eigenvalue weighted by Gasteiger charge is 2.21. The standard InChI is InChI=1S/C18H11N/c19-11-14-10-13-9-12-5-1-2-7-16(12)18(13)17-8-4-3-6-15(14)17/h1-8,10H,9H2. The van der Waals surface area contributed by atoms with Gasteiger partial charge in [-0.25, -0.2) is 0 Å². The summed E-state index contributed by atoms with van der Waals surface area (Å²) in [7, 11) is 0. The van der Waals surface area contributed by atoms with Crippen molar-refractivity contribution in [1.29, 1.82) is 5.26 Å². The van der Waals surface area contributed by atoms with Crippen LogP contribution in [0.1, 0.15) is 16.7 Å². The maximum Gasteiger partial charge on any atom is 0.0998 e. The fraction of sp³-hybridized carbons (Fsp3) is 0.0556. The second kappa shape index (κ2) is 3.70. The van der Waals surface area contributed by atoms with Gasteiger partial charge in [0.05, 0.1) is 11.6 Å². The van der Waals surface area contributed by atoms with Crippen LogP contribution in [0, 0.1) is 11.3 Å². The molecule has 0 radical (unpaired) electrons. The number of hydrogen-bond acceptors (Lipinski definition) is 1. The predicted octanol–water partition coefficient (Wildman–Crippen LogP) is 4.28. The van der Waals surface area contributed by atoms with Crippen molar-refractivity contribution in [3.8, 4) is 17.2 Å². The summed E-state index contributed by atoms with van der Waals surface area (Å²) < 4.78 is 0. The molecule has 0 atom stereocenters. The molecule has 88 valence electrons. The third-order valence-electron chi connectivity index (χ3n) is 3.91. The lowest BCUT2D eigenvalue weighted by molar-refractivity contribution is 1.26. The van der Waals surface area contributed by atoms with E-state index in [-0.39, 0.29) is 0 Å². The second-order valence-electron chi connectivity index (χ2n) is 4.95. The SMILES string of the molecule is N#Cc1cc2c(c3ccccc13)-c1ccccc1C2. The highest BCUT2D eigenvalue weighted by Crippen LogP contribution is 2.42. The Morgan fingerprint density at radius 1 is 0.842 bits per heavy atom. The topological polar surface area (TPSA) is 23.8 Å². The van der Waals surface area contributed by atoms with E-state index in [1.807, 2.05) is 18.2 Å². The van der Waals surface area contributed by atoms with E-state index < -0.39 is 0 Å². The molecule has 0 fully saturated rings. The highest BCUT2D eigenvalue weighted by molar-refractivity contribution is 6.03. The smallest absolute Gasteiger partial charge is 0.0998 e. The minimum atomic E-state index is 0.780. The zero-order chi connectivity index (χ0) is 12.8. The van der Waals surface area contributed by atoms with Gasteiger partial charge in [-0.2, -0.15) is 5.26 Å². The second-order valence-corrected chi connectivity index (χ2v) is 4.95. The van der Waals surface area contributed by atoms with Crippen LogP contribution in [0.3, 0.4) is 0 Å². The van der Waals surface area contributed by atoms with Crippen molar-refractivity contribution in [3.05, 3.63) is 71.3 Å². The van der Waals surface area contributed by atoms with Crippen molar-refractivity contribution in [2.24, 2.45) is 0 Å². The van der Waals surface area contributed by atoms with Gasteiger partial charge in [0.1, 0.15) is 0 Å². The Hall–Kier alpha value is -2.59. The summed E-state index contributed by atoms with van der Waals surface area (Å²) in [5, 5.41) is 11.6. The van der Waals surface area contributed by atoms with Gasteiger partial charge in [-0.1, -0.05) is 48.5 Å². The lowest BCUT2D eigenvalue weighted by Crippen LogP contribution is -1.87. The molecule has 0 spiro atoms. The third-order valence-corrected chi connectivity index (χ3v) is 3.91. The number of rotatable bonds is 0. The molecule has 0 saturated carbocycles. The number of nitriles is 1. The lowest BCUT2D eigenvalue weighted by Gasteiger charge is -2.08. The summed E-state index contributed by atoms with van der Waals surface area (Å²) in [6.07, 6.45) is 0.936. The van der Waals surface area contributed by atoms with Gasteiger partial charge in [0, 0.05) is 5.39 Å². The number of benzene rings is 3. The summed E-state index contributed by atoms with van der Waals surface area (Å²) in [5.41, 5.74) is 6.04. The molecular formula is C18H11N. The van der Waals surface area contributed by atoms with Crippen LogP contribution >= 0.6 is 0 Å². The van der Waals surface area contributed by atoms with Gasteiger partial charge in [-0.3, -0.25) is 0 Å². The van der Waals surface area contributed by atoms with Gasteiger partial charge >= 0.3 is 0 Å². The van der Waals surface area contributed by atoms with Crippen molar-refractivity contribution >= 4 is 10.8 Å². The first kappa shape index (κ1) is 10.3. The molecule has 1 aliphatic carbocycles. The molecule has 1 aliphatic rings. The molecule has 1 heteroatoms. The molecule has 3 aromatic rings. The summed E-state index contributed by atoms with van der Waals surface area (Å²) in [6.45, 7) is 0. The molecule has 3 aromatic carbocycles. The first-order valence-corrected chi connectivity index (χ1v) is 6.41. The Kier molecular flexibility index (Phi) is 2.01. The largest absolute Gasteiger partial charge is 0.192 e. The van der Waals surface area contributed by atoms with Crippen molar-refractivity contribution in [2.75, 3.05) is 0 Å². The number of nitrogens with zero attached hydrogens (tertiary/aromatic N) is 1. The molecule has 19 heavy (non-hydrogen) atoms. The van der Waals surface area contributed by atoms with E-state index in [2.05, 4.69) is 42.5 Å². The Balaban J connectivity index is 2.19. The first-order chi connectivity index (χ1) is 9.38. The van der Waals surface area contributed by atoms with Crippen molar-refractivity contribution in [3.63, 3.8) is 0 Å². The van der Waals surface area contributed by atoms with E-state index in [9.17, 15) is 5.26 Å². The first-order valence-electron chi connectivity index (χ1n) is 6.41. The molecule has 0 saturated heterocycles. The van der Waals surface area contributed by atoms with Crippen LogP contribution in [0.25, 0.3) is 21.9 Å². The molecule has 0 aliphatic heterocycles. The van der Waals surface area contributed by atoms with Crippen molar-refractivity contribution < 1.29 is 0 Å². The van der Waals surface area contributed by atoms with E-state index in [1.165, 1.54) is 27.6 Å². The Morgan fingerprint density at radius 2 is 1.58 bits per heavy atom. The summed E-state index contributed by atoms with van der Waals surface area (Å²) in [4.78, 5) is 0. The van der Waals surface area contributed by atoms with Gasteiger partial charge in [0.15, 0.2) is 0 Å². The zero-order valence-electron chi connectivity index (χ0n) is 10.4. The van der Waals surface area contributed by atoms with E-state index in [0.29, 0.717) is 0 Å². The average Bonchev–Trinajstić information content (AvgIpc) is 2.84. The molecule has 0 aromatic heterocycles. The fourth-order valence-corrected chi connectivity index (χ4v) is 3.11. The van der Waals surface area contributed by atoms with Crippen LogP contribution in [0.4, 0.5) is 0 Å². The molecule has 0 unspecified atom stereocenters. The normalized spacial score (nSPS) is 11.9. The predicted molar refractivity (Wildman–Crippen MR) is 76.9 cm³/mol. The zero-order valence-corrected chi connectivity index (χ0v) is 10.4. The summed E-state index contributed by atoms with van der Waals surface area (Å²) in [5.74, 6) is 0. The van der Waals surface area contributed by atoms with Crippen molar-refractivity contribution in [2.45, 2.75) is 6.42 Å². The van der Waals surface area contributed by atoms with Crippen LogP contribution in [0.15, 0.2) is 54.6 Å². The molecule has 0 N–H and O–H groups in total. The third kappa shape index (κ3) is 1.34. The maximum atomic E-state index is 9.33. The van der Waals surface area contributed by atoms with Crippen LogP contribution in [-0.2, 0) is 6.42 Å². The van der Waals surface area contributed by atoms with E-state index in [0.717, 1.165) is 17.4 Å². The van der Waals surface area contributed by atoms with Crippen LogP contribution in [-0.4, -0.2) is 0 Å². The minimum absolute atomic E-state index is 0.780. The maximum absolute atomic E-state index is 9.33. The number of hydrogen-bond donors (Lipinski definition) is 0. The molecule has 1 nitrogen and oxygen atoms in total. The average molecular weight is 241 g/mol. The van der Waals surface area contributed by atoms with Gasteiger partial charge in [-0.05, 0) is 40.1 Å². The fourth-order valence-electron chi connectivity index (χ4n) is 3.11. The van der Waals surface area contributed by atoms with E-state index >= 15 is 0 Å². The Morgan fingerprint density at radius 3 is 2.42 bits per heavy atom. The molecule has 0 amide bonds. The molecule has 0 heterocycles. The highest BCUT2D eigenvalue weighted by atomic mass is 14.3. The Labute approximate surface area is 111 Å². The van der Waals surface area contributed by atoms with E-state index in [1.54, 1.807) is 0 Å².